The Bertz CT molecular complexity index is 413. The number of halogens is 2. The number of aromatic carboxylic acids is 1. The van der Waals surface area contributed by atoms with Gasteiger partial charge < -0.3 is 9.52 Å². The van der Waals surface area contributed by atoms with Crippen LogP contribution < -0.4 is 0 Å². The number of thioether (sulfide) groups is 1. The van der Waals surface area contributed by atoms with E-state index in [-0.39, 0.29) is 23.1 Å². The van der Waals surface area contributed by atoms with Crippen LogP contribution in [0.3, 0.4) is 0 Å². The van der Waals surface area contributed by atoms with Crippen LogP contribution in [-0.4, -0.2) is 21.8 Å². The number of aryl methyl sites for hydroxylation is 1. The van der Waals surface area contributed by atoms with Crippen molar-refractivity contribution in [3.8, 4) is 0 Å². The zero-order valence-electron chi connectivity index (χ0n) is 8.37. The summed E-state index contributed by atoms with van der Waals surface area (Å²) in [5, 5.41) is 8.85. The number of hydrogen-bond acceptors (Lipinski definition) is 4. The standard InChI is InChI=1S/C9H9F2NO3S/c1-5-7(8(13)14)15-9(12-5)16-4-2-3-6(10)11/h3H,2,4H2,1H3,(H,13,14). The van der Waals surface area contributed by atoms with Crippen LogP contribution in [0.5, 0.6) is 0 Å². The van der Waals surface area contributed by atoms with Gasteiger partial charge in [-0.05, 0) is 19.4 Å². The third-order valence-corrected chi connectivity index (χ3v) is 2.47. The highest BCUT2D eigenvalue weighted by atomic mass is 32.2. The van der Waals surface area contributed by atoms with E-state index in [1.165, 1.54) is 6.92 Å². The molecule has 1 N–H and O–H groups in total. The number of oxazole rings is 1. The van der Waals surface area contributed by atoms with Crippen molar-refractivity contribution in [2.45, 2.75) is 18.6 Å². The largest absolute Gasteiger partial charge is 0.475 e. The Morgan fingerprint density at radius 2 is 2.31 bits per heavy atom. The maximum Gasteiger partial charge on any atom is 0.373 e. The molecule has 0 unspecified atom stereocenters. The van der Waals surface area contributed by atoms with Crippen LogP contribution in [-0.2, 0) is 0 Å². The Labute approximate surface area is 94.4 Å². The summed E-state index contributed by atoms with van der Waals surface area (Å²) in [6.07, 6.45) is -0.756. The van der Waals surface area contributed by atoms with Crippen LogP contribution in [0.15, 0.2) is 21.8 Å². The fraction of sp³-hybridized carbons (Fsp3) is 0.333. The summed E-state index contributed by atoms with van der Waals surface area (Å²) in [4.78, 5) is 14.5. The summed E-state index contributed by atoms with van der Waals surface area (Å²) in [6, 6.07) is 0. The molecule has 0 radical (unpaired) electrons. The van der Waals surface area contributed by atoms with E-state index in [1.54, 1.807) is 0 Å². The molecule has 0 atom stereocenters. The number of allylic oxidation sites excluding steroid dienone is 1. The van der Waals surface area contributed by atoms with Gasteiger partial charge in [-0.1, -0.05) is 11.8 Å². The van der Waals surface area contributed by atoms with Crippen molar-refractivity contribution in [1.82, 2.24) is 4.98 Å². The lowest BCUT2D eigenvalue weighted by Crippen LogP contribution is -1.95. The minimum Gasteiger partial charge on any atom is -0.475 e. The van der Waals surface area contributed by atoms with Gasteiger partial charge in [0, 0.05) is 5.75 Å². The summed E-state index contributed by atoms with van der Waals surface area (Å²) < 4.78 is 28.3. The van der Waals surface area contributed by atoms with Gasteiger partial charge in [-0.25, -0.2) is 9.78 Å². The molecule has 16 heavy (non-hydrogen) atoms. The first-order chi connectivity index (χ1) is 7.50. The molecular formula is C9H9F2NO3S. The predicted octanol–water partition coefficient (Wildman–Crippen LogP) is 2.94. The number of nitrogens with zero attached hydrogens (tertiary/aromatic N) is 1. The van der Waals surface area contributed by atoms with E-state index in [4.69, 9.17) is 9.52 Å². The van der Waals surface area contributed by atoms with E-state index >= 15 is 0 Å². The minimum atomic E-state index is -1.73. The van der Waals surface area contributed by atoms with E-state index in [0.29, 0.717) is 5.75 Å². The van der Waals surface area contributed by atoms with Gasteiger partial charge in [-0.15, -0.1) is 0 Å². The Balaban J connectivity index is 2.52. The van der Waals surface area contributed by atoms with Gasteiger partial charge in [0.2, 0.25) is 5.76 Å². The van der Waals surface area contributed by atoms with E-state index in [2.05, 4.69) is 4.98 Å². The van der Waals surface area contributed by atoms with Crippen molar-refractivity contribution in [2.24, 2.45) is 0 Å². The van der Waals surface area contributed by atoms with Crippen molar-refractivity contribution in [3.05, 3.63) is 23.6 Å². The van der Waals surface area contributed by atoms with E-state index < -0.39 is 12.0 Å². The number of hydrogen-bond donors (Lipinski definition) is 1. The summed E-state index contributed by atoms with van der Waals surface area (Å²) in [6.45, 7) is 1.51. The summed E-state index contributed by atoms with van der Waals surface area (Å²) >= 11 is 1.10. The lowest BCUT2D eigenvalue weighted by molar-refractivity contribution is 0.0655. The topological polar surface area (TPSA) is 63.3 Å². The molecule has 0 saturated carbocycles. The second kappa shape index (κ2) is 5.64. The first-order valence-electron chi connectivity index (χ1n) is 4.35. The molecule has 0 aliphatic heterocycles. The molecule has 0 aliphatic rings. The molecule has 1 aromatic heterocycles. The number of carbonyl (C=O) groups is 1. The molecule has 0 aromatic carbocycles. The van der Waals surface area contributed by atoms with E-state index in [9.17, 15) is 13.6 Å². The van der Waals surface area contributed by atoms with Crippen LogP contribution in [0.1, 0.15) is 22.7 Å². The van der Waals surface area contributed by atoms with Gasteiger partial charge in [0.05, 0.1) is 5.69 Å². The molecule has 1 rings (SSSR count). The highest BCUT2D eigenvalue weighted by molar-refractivity contribution is 7.99. The predicted molar refractivity (Wildman–Crippen MR) is 53.8 cm³/mol. The lowest BCUT2D eigenvalue weighted by Gasteiger charge is -1.91. The number of rotatable bonds is 5. The van der Waals surface area contributed by atoms with Gasteiger partial charge >= 0.3 is 5.97 Å². The van der Waals surface area contributed by atoms with Crippen LogP contribution in [0, 0.1) is 6.92 Å². The Hall–Kier alpha value is -1.37. The van der Waals surface area contributed by atoms with Crippen LogP contribution >= 0.6 is 11.8 Å². The highest BCUT2D eigenvalue weighted by Crippen LogP contribution is 2.21. The molecule has 0 bridgehead atoms. The Morgan fingerprint density at radius 3 is 2.81 bits per heavy atom. The second-order valence-corrected chi connectivity index (χ2v) is 3.88. The Morgan fingerprint density at radius 1 is 1.62 bits per heavy atom. The average Bonchev–Trinajstić information content (AvgIpc) is 2.54. The van der Waals surface area contributed by atoms with Crippen molar-refractivity contribution >= 4 is 17.7 Å². The molecule has 4 nitrogen and oxygen atoms in total. The quantitative estimate of drug-likeness (QED) is 0.642. The average molecular weight is 249 g/mol. The molecule has 88 valence electrons. The normalized spacial score (nSPS) is 10.2. The van der Waals surface area contributed by atoms with Crippen LogP contribution in [0.25, 0.3) is 0 Å². The highest BCUT2D eigenvalue weighted by Gasteiger charge is 2.15. The maximum absolute atomic E-state index is 11.7. The third kappa shape index (κ3) is 3.65. The van der Waals surface area contributed by atoms with Crippen molar-refractivity contribution in [1.29, 1.82) is 0 Å². The number of carboxylic acid groups (broad SMARTS) is 1. The van der Waals surface area contributed by atoms with Crippen molar-refractivity contribution in [2.75, 3.05) is 5.75 Å². The Kier molecular flexibility index (Phi) is 4.48. The summed E-state index contributed by atoms with van der Waals surface area (Å²) in [5.74, 6) is -1.04. The zero-order chi connectivity index (χ0) is 12.1. The van der Waals surface area contributed by atoms with E-state index in [0.717, 1.165) is 17.8 Å². The number of carboxylic acids is 1. The fourth-order valence-corrected chi connectivity index (χ4v) is 1.70. The van der Waals surface area contributed by atoms with Gasteiger partial charge in [-0.2, -0.15) is 8.78 Å². The first-order valence-corrected chi connectivity index (χ1v) is 5.34. The lowest BCUT2D eigenvalue weighted by atomic mass is 10.4. The molecule has 0 fully saturated rings. The van der Waals surface area contributed by atoms with Crippen molar-refractivity contribution in [3.63, 3.8) is 0 Å². The fourth-order valence-electron chi connectivity index (χ4n) is 0.946. The molecule has 1 heterocycles. The third-order valence-electron chi connectivity index (χ3n) is 1.61. The molecule has 7 heteroatoms. The van der Waals surface area contributed by atoms with E-state index in [1.807, 2.05) is 0 Å². The first kappa shape index (κ1) is 12.7. The molecule has 1 aromatic rings. The SMILES string of the molecule is Cc1nc(SCCC=C(F)F)oc1C(=O)O. The molecule has 0 spiro atoms. The minimum absolute atomic E-state index is 0.177. The monoisotopic (exact) mass is 249 g/mol. The molecule has 0 amide bonds. The molecular weight excluding hydrogens is 240 g/mol. The van der Waals surface area contributed by atoms with Gasteiger partial charge in [0.1, 0.15) is 0 Å². The second-order valence-electron chi connectivity index (χ2n) is 2.83. The van der Waals surface area contributed by atoms with Gasteiger partial charge in [0.15, 0.2) is 0 Å². The molecule has 0 aliphatic carbocycles. The summed E-state index contributed by atoms with van der Waals surface area (Å²) in [5.41, 5.74) is 0.280. The van der Waals surface area contributed by atoms with Gasteiger partial charge in [-0.3, -0.25) is 0 Å². The smallest absolute Gasteiger partial charge is 0.373 e. The number of aromatic nitrogens is 1. The van der Waals surface area contributed by atoms with Gasteiger partial charge in [0.25, 0.3) is 11.3 Å². The van der Waals surface area contributed by atoms with Crippen LogP contribution in [0.4, 0.5) is 8.78 Å². The zero-order valence-corrected chi connectivity index (χ0v) is 9.18. The van der Waals surface area contributed by atoms with Crippen LogP contribution in [0.2, 0.25) is 0 Å². The van der Waals surface area contributed by atoms with Crippen molar-refractivity contribution < 1.29 is 23.1 Å². The molecule has 0 saturated heterocycles. The summed E-state index contributed by atoms with van der Waals surface area (Å²) in [7, 11) is 0. The maximum atomic E-state index is 11.7.